The van der Waals surface area contributed by atoms with Crippen LogP contribution in [-0.2, 0) is 0 Å². The van der Waals surface area contributed by atoms with E-state index < -0.39 is 0 Å². The highest BCUT2D eigenvalue weighted by molar-refractivity contribution is 5.94. The largest absolute Gasteiger partial charge is 0.497 e. The minimum Gasteiger partial charge on any atom is -0.497 e. The molecule has 3 aromatic rings. The molecule has 0 spiro atoms. The van der Waals surface area contributed by atoms with Crippen LogP contribution in [-0.4, -0.2) is 65.5 Å². The number of benzene rings is 1. The Morgan fingerprint density at radius 1 is 1.19 bits per heavy atom. The Balaban J connectivity index is 1.80. The number of rotatable bonds is 7. The summed E-state index contributed by atoms with van der Waals surface area (Å²) in [6, 6.07) is 9.36. The van der Waals surface area contributed by atoms with Crippen LogP contribution in [0.5, 0.6) is 5.75 Å². The van der Waals surface area contributed by atoms with Gasteiger partial charge in [0.2, 0.25) is 0 Å². The van der Waals surface area contributed by atoms with E-state index in [0.717, 1.165) is 23.4 Å². The van der Waals surface area contributed by atoms with Gasteiger partial charge in [0.05, 0.1) is 7.11 Å². The molecular weight excluding hydrogens is 332 g/mol. The van der Waals surface area contributed by atoms with Crippen LogP contribution < -0.4 is 10.1 Å². The number of methoxy groups -OCH3 is 1. The van der Waals surface area contributed by atoms with Crippen molar-refractivity contribution in [3.05, 3.63) is 42.2 Å². The SMILES string of the molecule is COc1cccc(-c2n[nH]nc2-c2c[nH]c(C(=O)NCCN(C)C)c2)c1. The second kappa shape index (κ2) is 7.83. The van der Waals surface area contributed by atoms with Crippen molar-refractivity contribution < 1.29 is 9.53 Å². The number of nitrogens with one attached hydrogen (secondary N) is 3. The lowest BCUT2D eigenvalue weighted by molar-refractivity contribution is 0.0946. The van der Waals surface area contributed by atoms with Crippen LogP contribution in [0.2, 0.25) is 0 Å². The Bertz CT molecular complexity index is 883. The van der Waals surface area contributed by atoms with E-state index in [0.29, 0.717) is 23.6 Å². The monoisotopic (exact) mass is 354 g/mol. The zero-order valence-electron chi connectivity index (χ0n) is 15.0. The summed E-state index contributed by atoms with van der Waals surface area (Å²) in [7, 11) is 5.54. The van der Waals surface area contributed by atoms with Crippen LogP contribution >= 0.6 is 0 Å². The number of ether oxygens (including phenoxy) is 1. The van der Waals surface area contributed by atoms with Gasteiger partial charge in [-0.1, -0.05) is 12.1 Å². The van der Waals surface area contributed by atoms with Gasteiger partial charge in [-0.25, -0.2) is 0 Å². The molecule has 3 N–H and O–H groups in total. The van der Waals surface area contributed by atoms with Crippen LogP contribution in [0.4, 0.5) is 0 Å². The summed E-state index contributed by atoms with van der Waals surface area (Å²) in [5.74, 6) is 0.594. The van der Waals surface area contributed by atoms with Gasteiger partial charge < -0.3 is 19.9 Å². The minimum atomic E-state index is -0.149. The molecule has 8 heteroatoms. The first-order valence-electron chi connectivity index (χ1n) is 8.25. The van der Waals surface area contributed by atoms with E-state index in [4.69, 9.17) is 4.74 Å². The molecule has 2 heterocycles. The molecule has 0 aliphatic rings. The van der Waals surface area contributed by atoms with Crippen LogP contribution in [0.25, 0.3) is 22.5 Å². The molecule has 2 aromatic heterocycles. The molecule has 0 aliphatic heterocycles. The Morgan fingerprint density at radius 3 is 2.69 bits per heavy atom. The fourth-order valence-electron chi connectivity index (χ4n) is 2.55. The second-order valence-corrected chi connectivity index (χ2v) is 6.11. The predicted molar refractivity (Wildman–Crippen MR) is 99.0 cm³/mol. The molecule has 0 bridgehead atoms. The zero-order valence-corrected chi connectivity index (χ0v) is 15.0. The standard InChI is InChI=1S/C18H22N6O2/c1-24(2)8-7-19-18(25)15-10-13(11-20-15)17-16(21-23-22-17)12-5-4-6-14(9-12)26-3/h4-6,9-11,20H,7-8H2,1-3H3,(H,19,25)(H,21,22,23). The third-order valence-corrected chi connectivity index (χ3v) is 3.94. The van der Waals surface area contributed by atoms with E-state index >= 15 is 0 Å². The molecule has 0 saturated carbocycles. The first-order chi connectivity index (χ1) is 12.6. The number of likely N-dealkylation sites (N-methyl/N-ethyl adjacent to an activating group) is 1. The Morgan fingerprint density at radius 2 is 1.96 bits per heavy atom. The van der Waals surface area contributed by atoms with Crippen molar-refractivity contribution in [2.75, 3.05) is 34.3 Å². The van der Waals surface area contributed by atoms with E-state index in [1.807, 2.05) is 43.3 Å². The normalized spacial score (nSPS) is 10.9. The number of hydrogen-bond acceptors (Lipinski definition) is 5. The lowest BCUT2D eigenvalue weighted by Crippen LogP contribution is -2.31. The molecule has 0 radical (unpaired) electrons. The molecule has 8 nitrogen and oxygen atoms in total. The Kier molecular flexibility index (Phi) is 5.33. The van der Waals surface area contributed by atoms with Crippen LogP contribution in [0.1, 0.15) is 10.5 Å². The first-order valence-corrected chi connectivity index (χ1v) is 8.25. The van der Waals surface area contributed by atoms with Crippen molar-refractivity contribution in [1.29, 1.82) is 0 Å². The van der Waals surface area contributed by atoms with Crippen LogP contribution in [0, 0.1) is 0 Å². The summed E-state index contributed by atoms with van der Waals surface area (Å²) in [5.41, 5.74) is 3.52. The molecule has 3 rings (SSSR count). The van der Waals surface area contributed by atoms with Crippen LogP contribution in [0.3, 0.4) is 0 Å². The number of carbonyl (C=O) groups excluding carboxylic acids is 1. The maximum atomic E-state index is 12.2. The molecular formula is C18H22N6O2. The smallest absolute Gasteiger partial charge is 0.267 e. The van der Waals surface area contributed by atoms with E-state index in [9.17, 15) is 4.79 Å². The average molecular weight is 354 g/mol. The van der Waals surface area contributed by atoms with E-state index in [1.54, 1.807) is 19.4 Å². The maximum absolute atomic E-state index is 12.2. The highest BCUT2D eigenvalue weighted by atomic mass is 16.5. The highest BCUT2D eigenvalue weighted by Gasteiger charge is 2.16. The van der Waals surface area contributed by atoms with Crippen molar-refractivity contribution >= 4 is 5.91 Å². The summed E-state index contributed by atoms with van der Waals surface area (Å²) in [6.45, 7) is 1.36. The van der Waals surface area contributed by atoms with Gasteiger partial charge in [0.1, 0.15) is 22.8 Å². The molecule has 1 aromatic carbocycles. The quantitative estimate of drug-likeness (QED) is 0.600. The van der Waals surface area contributed by atoms with E-state index in [1.165, 1.54) is 0 Å². The van der Waals surface area contributed by atoms with Gasteiger partial charge in [-0.2, -0.15) is 15.4 Å². The van der Waals surface area contributed by atoms with Crippen molar-refractivity contribution in [2.45, 2.75) is 0 Å². The van der Waals surface area contributed by atoms with E-state index in [-0.39, 0.29) is 5.91 Å². The van der Waals surface area contributed by atoms with Gasteiger partial charge in [0.15, 0.2) is 0 Å². The van der Waals surface area contributed by atoms with Gasteiger partial charge in [-0.3, -0.25) is 4.79 Å². The molecule has 0 atom stereocenters. The number of hydrogen-bond donors (Lipinski definition) is 3. The number of aromatic nitrogens is 4. The third-order valence-electron chi connectivity index (χ3n) is 3.94. The lowest BCUT2D eigenvalue weighted by Gasteiger charge is -2.09. The highest BCUT2D eigenvalue weighted by Crippen LogP contribution is 2.30. The summed E-state index contributed by atoms with van der Waals surface area (Å²) in [6.07, 6.45) is 1.75. The number of nitrogens with zero attached hydrogens (tertiary/aromatic N) is 3. The number of carbonyl (C=O) groups is 1. The Labute approximate surface area is 151 Å². The predicted octanol–water partition coefficient (Wildman–Crippen LogP) is 1.77. The van der Waals surface area contributed by atoms with Crippen molar-refractivity contribution in [3.63, 3.8) is 0 Å². The van der Waals surface area contributed by atoms with Crippen LogP contribution in [0.15, 0.2) is 36.5 Å². The lowest BCUT2D eigenvalue weighted by atomic mass is 10.1. The van der Waals surface area contributed by atoms with Crippen molar-refractivity contribution in [2.24, 2.45) is 0 Å². The molecule has 136 valence electrons. The Hall–Kier alpha value is -3.13. The zero-order chi connectivity index (χ0) is 18.5. The van der Waals surface area contributed by atoms with Crippen molar-refractivity contribution in [1.82, 2.24) is 30.6 Å². The summed E-state index contributed by atoms with van der Waals surface area (Å²) in [4.78, 5) is 17.2. The minimum absolute atomic E-state index is 0.149. The van der Waals surface area contributed by atoms with Gasteiger partial charge >= 0.3 is 0 Å². The summed E-state index contributed by atoms with van der Waals surface area (Å²) in [5, 5.41) is 14.0. The van der Waals surface area contributed by atoms with Gasteiger partial charge in [0, 0.05) is 30.4 Å². The van der Waals surface area contributed by atoms with Gasteiger partial charge in [0.25, 0.3) is 5.91 Å². The second-order valence-electron chi connectivity index (χ2n) is 6.11. The van der Waals surface area contributed by atoms with Gasteiger partial charge in [-0.05, 0) is 32.3 Å². The fraction of sp³-hybridized carbons (Fsp3) is 0.278. The maximum Gasteiger partial charge on any atom is 0.267 e. The first kappa shape index (κ1) is 17.7. The number of aromatic amines is 2. The van der Waals surface area contributed by atoms with E-state index in [2.05, 4.69) is 25.7 Å². The molecule has 26 heavy (non-hydrogen) atoms. The number of amides is 1. The molecule has 0 aliphatic carbocycles. The van der Waals surface area contributed by atoms with Crippen molar-refractivity contribution in [3.8, 4) is 28.3 Å². The number of H-pyrrole nitrogens is 2. The molecule has 1 amide bonds. The molecule has 0 saturated heterocycles. The third kappa shape index (κ3) is 3.92. The average Bonchev–Trinajstić information content (AvgIpc) is 3.30. The molecule has 0 fully saturated rings. The topological polar surface area (TPSA) is 98.9 Å². The van der Waals surface area contributed by atoms with Gasteiger partial charge in [-0.15, -0.1) is 0 Å². The fourth-order valence-corrected chi connectivity index (χ4v) is 2.55. The molecule has 0 unspecified atom stereocenters. The summed E-state index contributed by atoms with van der Waals surface area (Å²) < 4.78 is 5.27. The summed E-state index contributed by atoms with van der Waals surface area (Å²) >= 11 is 0.